The van der Waals surface area contributed by atoms with Crippen LogP contribution in [0, 0.1) is 25.2 Å². The number of rotatable bonds is 7. The number of ketones is 1. The zero-order valence-corrected chi connectivity index (χ0v) is 16.5. The molecule has 0 aliphatic heterocycles. The number of nitrogens with zero attached hydrogens (tertiary/aromatic N) is 1. The van der Waals surface area contributed by atoms with Crippen LogP contribution in [0.1, 0.15) is 44.6 Å². The standard InChI is InChI=1S/C21H22N2O5/c1-6-28-21(25)18-12(2)19(23-13(18)3)20(24)15(11-22)7-14-8-16(26-4)10-17(9-14)27-5/h7-10,23H,6H2,1-5H3. The lowest BCUT2D eigenvalue weighted by molar-refractivity contribution is 0.0525. The van der Waals surface area contributed by atoms with Gasteiger partial charge in [0.05, 0.1) is 32.1 Å². The second-order valence-corrected chi connectivity index (χ2v) is 5.99. The molecule has 2 rings (SSSR count). The highest BCUT2D eigenvalue weighted by Gasteiger charge is 2.24. The quantitative estimate of drug-likeness (QED) is 0.340. The Kier molecular flexibility index (Phi) is 6.61. The molecule has 0 amide bonds. The van der Waals surface area contributed by atoms with E-state index in [1.54, 1.807) is 39.0 Å². The molecule has 0 spiro atoms. The maximum Gasteiger partial charge on any atom is 0.340 e. The Labute approximate surface area is 163 Å². The third-order valence-electron chi connectivity index (χ3n) is 4.19. The Bertz CT molecular complexity index is 957. The zero-order chi connectivity index (χ0) is 20.8. The van der Waals surface area contributed by atoms with Gasteiger partial charge in [-0.25, -0.2) is 4.79 Å². The highest BCUT2D eigenvalue weighted by molar-refractivity contribution is 6.15. The van der Waals surface area contributed by atoms with Crippen molar-refractivity contribution in [3.05, 3.63) is 51.9 Å². The number of aryl methyl sites for hydroxylation is 1. The van der Waals surface area contributed by atoms with Crippen molar-refractivity contribution in [2.24, 2.45) is 0 Å². The first kappa shape index (κ1) is 20.8. The van der Waals surface area contributed by atoms with Crippen molar-refractivity contribution < 1.29 is 23.8 Å². The van der Waals surface area contributed by atoms with Gasteiger partial charge < -0.3 is 19.2 Å². The number of allylic oxidation sites excluding steroid dienone is 1. The van der Waals surface area contributed by atoms with Crippen LogP contribution < -0.4 is 9.47 Å². The maximum absolute atomic E-state index is 12.9. The number of benzene rings is 1. The molecule has 0 unspecified atom stereocenters. The molecule has 0 saturated heterocycles. The number of ether oxygens (including phenoxy) is 3. The van der Waals surface area contributed by atoms with Gasteiger partial charge in [-0.2, -0.15) is 5.26 Å². The second kappa shape index (κ2) is 8.91. The first-order valence-electron chi connectivity index (χ1n) is 8.62. The summed E-state index contributed by atoms with van der Waals surface area (Å²) in [6, 6.07) is 6.99. The van der Waals surface area contributed by atoms with Gasteiger partial charge in [-0.1, -0.05) is 0 Å². The average Bonchev–Trinajstić information content (AvgIpc) is 2.99. The van der Waals surface area contributed by atoms with E-state index in [-0.39, 0.29) is 17.9 Å². The SMILES string of the molecule is CCOC(=O)c1c(C)[nH]c(C(=O)C(C#N)=Cc2cc(OC)cc(OC)c2)c1C. The van der Waals surface area contributed by atoms with Gasteiger partial charge in [-0.15, -0.1) is 0 Å². The molecule has 0 atom stereocenters. The Morgan fingerprint density at radius 3 is 2.25 bits per heavy atom. The van der Waals surface area contributed by atoms with Gasteiger partial charge in [0.1, 0.15) is 23.1 Å². The Morgan fingerprint density at radius 2 is 1.75 bits per heavy atom. The van der Waals surface area contributed by atoms with Gasteiger partial charge in [0.25, 0.3) is 0 Å². The van der Waals surface area contributed by atoms with Crippen molar-refractivity contribution in [3.63, 3.8) is 0 Å². The summed E-state index contributed by atoms with van der Waals surface area (Å²) in [5.41, 5.74) is 1.95. The number of hydrogen-bond donors (Lipinski definition) is 1. The molecule has 0 aliphatic rings. The predicted octanol–water partition coefficient (Wildman–Crippen LogP) is 3.62. The van der Waals surface area contributed by atoms with E-state index in [0.717, 1.165) is 0 Å². The lowest BCUT2D eigenvalue weighted by Gasteiger charge is -2.06. The number of aromatic nitrogens is 1. The molecule has 0 fully saturated rings. The van der Waals surface area contributed by atoms with Crippen LogP contribution in [-0.2, 0) is 4.74 Å². The van der Waals surface area contributed by atoms with Crippen molar-refractivity contribution in [3.8, 4) is 17.6 Å². The molecule has 28 heavy (non-hydrogen) atoms. The number of Topliss-reactive ketones (excluding diaryl/α,β-unsaturated/α-hetero) is 1. The van der Waals surface area contributed by atoms with Crippen molar-refractivity contribution in [1.82, 2.24) is 4.98 Å². The minimum atomic E-state index is -0.513. The van der Waals surface area contributed by atoms with E-state index in [1.165, 1.54) is 20.3 Å². The third kappa shape index (κ3) is 4.23. The molecule has 1 aromatic heterocycles. The molecular formula is C21H22N2O5. The molecule has 0 radical (unpaired) electrons. The average molecular weight is 382 g/mol. The zero-order valence-electron chi connectivity index (χ0n) is 16.5. The van der Waals surface area contributed by atoms with E-state index in [9.17, 15) is 14.9 Å². The molecular weight excluding hydrogens is 360 g/mol. The molecule has 0 bridgehead atoms. The lowest BCUT2D eigenvalue weighted by atomic mass is 10.0. The summed E-state index contributed by atoms with van der Waals surface area (Å²) in [6.07, 6.45) is 1.45. The van der Waals surface area contributed by atoms with Crippen LogP contribution in [0.4, 0.5) is 0 Å². The van der Waals surface area contributed by atoms with E-state index >= 15 is 0 Å². The van der Waals surface area contributed by atoms with E-state index in [2.05, 4.69) is 4.98 Å². The van der Waals surface area contributed by atoms with Crippen LogP contribution in [0.3, 0.4) is 0 Å². The van der Waals surface area contributed by atoms with E-state index in [1.807, 2.05) is 6.07 Å². The van der Waals surface area contributed by atoms with Crippen LogP contribution in [0.2, 0.25) is 0 Å². The van der Waals surface area contributed by atoms with Gasteiger partial charge in [-0.05, 0) is 50.1 Å². The Hall–Kier alpha value is -3.53. The molecule has 0 saturated carbocycles. The molecule has 2 aromatic rings. The summed E-state index contributed by atoms with van der Waals surface area (Å²) in [5, 5.41) is 9.53. The first-order chi connectivity index (χ1) is 13.4. The summed E-state index contributed by atoms with van der Waals surface area (Å²) in [5.74, 6) is 0.0481. The van der Waals surface area contributed by atoms with Crippen molar-refractivity contribution in [1.29, 1.82) is 5.26 Å². The molecule has 0 aliphatic carbocycles. The topological polar surface area (TPSA) is 101 Å². The smallest absolute Gasteiger partial charge is 0.340 e. The highest BCUT2D eigenvalue weighted by atomic mass is 16.5. The molecule has 146 valence electrons. The number of nitriles is 1. The summed E-state index contributed by atoms with van der Waals surface area (Å²) >= 11 is 0. The summed E-state index contributed by atoms with van der Waals surface area (Å²) in [6.45, 7) is 5.26. The fourth-order valence-corrected chi connectivity index (χ4v) is 2.85. The number of esters is 1. The Morgan fingerprint density at radius 1 is 1.14 bits per heavy atom. The molecule has 7 heteroatoms. The lowest BCUT2D eigenvalue weighted by Crippen LogP contribution is -2.08. The number of carbonyl (C=O) groups excluding carboxylic acids is 2. The monoisotopic (exact) mass is 382 g/mol. The van der Waals surface area contributed by atoms with Gasteiger partial charge in [0.2, 0.25) is 5.78 Å². The first-order valence-corrected chi connectivity index (χ1v) is 8.62. The van der Waals surface area contributed by atoms with Crippen LogP contribution in [0.25, 0.3) is 6.08 Å². The molecule has 7 nitrogen and oxygen atoms in total. The number of carbonyl (C=O) groups is 2. The van der Waals surface area contributed by atoms with E-state index in [4.69, 9.17) is 14.2 Å². The minimum Gasteiger partial charge on any atom is -0.497 e. The normalized spacial score (nSPS) is 10.9. The van der Waals surface area contributed by atoms with Crippen LogP contribution in [0.5, 0.6) is 11.5 Å². The number of aromatic amines is 1. The van der Waals surface area contributed by atoms with Crippen LogP contribution >= 0.6 is 0 Å². The number of nitrogens with one attached hydrogen (secondary N) is 1. The number of H-pyrrole nitrogens is 1. The summed E-state index contributed by atoms with van der Waals surface area (Å²) < 4.78 is 15.5. The van der Waals surface area contributed by atoms with Crippen LogP contribution in [-0.4, -0.2) is 37.6 Å². The van der Waals surface area contributed by atoms with Gasteiger partial charge in [0, 0.05) is 11.8 Å². The van der Waals surface area contributed by atoms with E-state index in [0.29, 0.717) is 33.9 Å². The van der Waals surface area contributed by atoms with E-state index < -0.39 is 11.8 Å². The fourth-order valence-electron chi connectivity index (χ4n) is 2.85. The largest absolute Gasteiger partial charge is 0.497 e. The predicted molar refractivity (Wildman–Crippen MR) is 104 cm³/mol. The maximum atomic E-state index is 12.9. The minimum absolute atomic E-state index is 0.0879. The molecule has 1 N–H and O–H groups in total. The van der Waals surface area contributed by atoms with Crippen molar-refractivity contribution in [2.45, 2.75) is 20.8 Å². The number of hydrogen-bond acceptors (Lipinski definition) is 6. The Balaban J connectivity index is 2.48. The van der Waals surface area contributed by atoms with Crippen molar-refractivity contribution >= 4 is 17.8 Å². The highest BCUT2D eigenvalue weighted by Crippen LogP contribution is 2.26. The molecule has 1 heterocycles. The summed E-state index contributed by atoms with van der Waals surface area (Å²) in [7, 11) is 3.03. The van der Waals surface area contributed by atoms with Gasteiger partial charge in [0.15, 0.2) is 0 Å². The fraction of sp³-hybridized carbons (Fsp3) is 0.286. The molecule has 1 aromatic carbocycles. The van der Waals surface area contributed by atoms with Crippen molar-refractivity contribution in [2.75, 3.05) is 20.8 Å². The second-order valence-electron chi connectivity index (χ2n) is 5.99. The number of methoxy groups -OCH3 is 2. The van der Waals surface area contributed by atoms with Gasteiger partial charge in [-0.3, -0.25) is 4.79 Å². The van der Waals surface area contributed by atoms with Gasteiger partial charge >= 0.3 is 5.97 Å². The summed E-state index contributed by atoms with van der Waals surface area (Å²) in [4.78, 5) is 28.0. The van der Waals surface area contributed by atoms with Crippen LogP contribution in [0.15, 0.2) is 23.8 Å². The third-order valence-corrected chi connectivity index (χ3v) is 4.19.